The molecule has 130 valence electrons. The summed E-state index contributed by atoms with van der Waals surface area (Å²) in [5.74, 6) is -1.06. The van der Waals surface area contributed by atoms with E-state index in [0.29, 0.717) is 33.8 Å². The first-order valence-electron chi connectivity index (χ1n) is 7.68. The van der Waals surface area contributed by atoms with Crippen LogP contribution in [0.2, 0.25) is 0 Å². The number of hydrogen-bond donors (Lipinski definition) is 2. The van der Waals surface area contributed by atoms with Gasteiger partial charge in [-0.25, -0.2) is 9.18 Å². The first-order chi connectivity index (χ1) is 12.5. The predicted octanol–water partition coefficient (Wildman–Crippen LogP) is 3.48. The maximum Gasteiger partial charge on any atom is 0.417 e. The summed E-state index contributed by atoms with van der Waals surface area (Å²) < 4.78 is 23.2. The van der Waals surface area contributed by atoms with Crippen LogP contribution in [0.1, 0.15) is 16.1 Å². The number of benzene rings is 2. The van der Waals surface area contributed by atoms with Crippen molar-refractivity contribution in [3.63, 3.8) is 0 Å². The van der Waals surface area contributed by atoms with Gasteiger partial charge in [-0.3, -0.25) is 9.78 Å². The molecule has 4 rings (SSSR count). The zero-order valence-corrected chi connectivity index (χ0v) is 13.5. The third-order valence-electron chi connectivity index (χ3n) is 3.88. The second kappa shape index (κ2) is 5.99. The topological polar surface area (TPSA) is 101 Å². The lowest BCUT2D eigenvalue weighted by Gasteiger charge is -2.06. The van der Waals surface area contributed by atoms with E-state index in [1.165, 1.54) is 24.3 Å². The van der Waals surface area contributed by atoms with Gasteiger partial charge in [-0.15, -0.1) is 0 Å². The number of aromatic nitrogens is 2. The first kappa shape index (κ1) is 15.8. The molecule has 1 amide bonds. The molecule has 0 unspecified atom stereocenters. The first-order valence-corrected chi connectivity index (χ1v) is 7.68. The van der Waals surface area contributed by atoms with Gasteiger partial charge in [-0.05, 0) is 49.4 Å². The fourth-order valence-corrected chi connectivity index (χ4v) is 2.67. The number of carbonyl (C=O) groups excluding carboxylic acids is 1. The SMILES string of the molecule is Cc1onc(-c2ccc(F)cc2)c1C(=O)Nc1ccc2oc(=O)[nH]c2c1. The van der Waals surface area contributed by atoms with Crippen LogP contribution < -0.4 is 11.1 Å². The molecule has 0 saturated heterocycles. The molecule has 2 aromatic heterocycles. The van der Waals surface area contributed by atoms with Crippen LogP contribution in [0.4, 0.5) is 10.1 Å². The number of nitrogens with zero attached hydrogens (tertiary/aromatic N) is 1. The summed E-state index contributed by atoms with van der Waals surface area (Å²) in [5.41, 5.74) is 2.44. The van der Waals surface area contributed by atoms with E-state index in [9.17, 15) is 14.0 Å². The number of nitrogens with one attached hydrogen (secondary N) is 2. The molecule has 0 spiro atoms. The highest BCUT2D eigenvalue weighted by molar-refractivity contribution is 6.09. The van der Waals surface area contributed by atoms with Crippen LogP contribution in [-0.2, 0) is 0 Å². The van der Waals surface area contributed by atoms with Crippen molar-refractivity contribution in [2.45, 2.75) is 6.92 Å². The number of aryl methyl sites for hydroxylation is 1. The second-order valence-corrected chi connectivity index (χ2v) is 5.65. The largest absolute Gasteiger partial charge is 0.417 e. The molecule has 0 radical (unpaired) electrons. The normalized spacial score (nSPS) is 11.0. The Morgan fingerprint density at radius 1 is 1.19 bits per heavy atom. The number of anilines is 1. The van der Waals surface area contributed by atoms with Crippen molar-refractivity contribution in [3.8, 4) is 11.3 Å². The van der Waals surface area contributed by atoms with Gasteiger partial charge in [-0.2, -0.15) is 0 Å². The van der Waals surface area contributed by atoms with Crippen molar-refractivity contribution in [2.75, 3.05) is 5.32 Å². The Bertz CT molecular complexity index is 1170. The summed E-state index contributed by atoms with van der Waals surface area (Å²) in [6, 6.07) is 10.4. The van der Waals surface area contributed by atoms with Crippen LogP contribution in [0.5, 0.6) is 0 Å². The summed E-state index contributed by atoms with van der Waals surface area (Å²) in [6.07, 6.45) is 0. The van der Waals surface area contributed by atoms with E-state index in [1.807, 2.05) is 0 Å². The molecule has 0 atom stereocenters. The smallest absolute Gasteiger partial charge is 0.408 e. The second-order valence-electron chi connectivity index (χ2n) is 5.65. The molecule has 2 aromatic carbocycles. The van der Waals surface area contributed by atoms with Crippen LogP contribution in [0.25, 0.3) is 22.4 Å². The van der Waals surface area contributed by atoms with Crippen molar-refractivity contribution < 1.29 is 18.1 Å². The molecule has 0 aliphatic carbocycles. The van der Waals surface area contributed by atoms with Crippen molar-refractivity contribution in [1.29, 1.82) is 0 Å². The van der Waals surface area contributed by atoms with Crippen molar-refractivity contribution >= 4 is 22.7 Å². The van der Waals surface area contributed by atoms with Crippen LogP contribution in [0.3, 0.4) is 0 Å². The van der Waals surface area contributed by atoms with Crippen molar-refractivity contribution in [3.05, 3.63) is 70.2 Å². The zero-order valence-electron chi connectivity index (χ0n) is 13.5. The molecular weight excluding hydrogens is 341 g/mol. The van der Waals surface area contributed by atoms with Crippen molar-refractivity contribution in [1.82, 2.24) is 10.1 Å². The summed E-state index contributed by atoms with van der Waals surface area (Å²) in [4.78, 5) is 26.5. The molecule has 0 bridgehead atoms. The molecular formula is C18H12FN3O4. The highest BCUT2D eigenvalue weighted by Crippen LogP contribution is 2.27. The number of halogens is 1. The highest BCUT2D eigenvalue weighted by Gasteiger charge is 2.22. The Balaban J connectivity index is 1.68. The van der Waals surface area contributed by atoms with E-state index < -0.39 is 11.7 Å². The number of rotatable bonds is 3. The van der Waals surface area contributed by atoms with Crippen molar-refractivity contribution in [2.24, 2.45) is 0 Å². The molecule has 26 heavy (non-hydrogen) atoms. The van der Waals surface area contributed by atoms with Gasteiger partial charge < -0.3 is 14.3 Å². The van der Waals surface area contributed by atoms with Gasteiger partial charge in [0.15, 0.2) is 5.58 Å². The Labute approximate surface area is 145 Å². The Morgan fingerprint density at radius 3 is 2.73 bits per heavy atom. The van der Waals surface area contributed by atoms with Crippen LogP contribution in [-0.4, -0.2) is 16.0 Å². The quantitative estimate of drug-likeness (QED) is 0.587. The van der Waals surface area contributed by atoms with Crippen LogP contribution in [0.15, 0.2) is 56.2 Å². The third-order valence-corrected chi connectivity index (χ3v) is 3.88. The Hall–Kier alpha value is -3.68. The molecule has 7 nitrogen and oxygen atoms in total. The summed E-state index contributed by atoms with van der Waals surface area (Å²) >= 11 is 0. The molecule has 0 aliphatic rings. The van der Waals surface area contributed by atoms with Gasteiger partial charge in [0.25, 0.3) is 5.91 Å². The van der Waals surface area contributed by atoms with Gasteiger partial charge in [0.1, 0.15) is 22.8 Å². The molecule has 0 aliphatic heterocycles. The summed E-state index contributed by atoms with van der Waals surface area (Å²) in [6.45, 7) is 1.62. The average Bonchev–Trinajstić information content (AvgIpc) is 3.17. The van der Waals surface area contributed by atoms with Crippen LogP contribution >= 0.6 is 0 Å². The molecule has 0 saturated carbocycles. The minimum atomic E-state index is -0.572. The minimum Gasteiger partial charge on any atom is -0.408 e. The van der Waals surface area contributed by atoms with Gasteiger partial charge in [0.2, 0.25) is 0 Å². The predicted molar refractivity (Wildman–Crippen MR) is 91.4 cm³/mol. The van der Waals surface area contributed by atoms with E-state index in [4.69, 9.17) is 8.94 Å². The monoisotopic (exact) mass is 353 g/mol. The highest BCUT2D eigenvalue weighted by atomic mass is 19.1. The molecule has 0 fully saturated rings. The van der Waals surface area contributed by atoms with Gasteiger partial charge in [0, 0.05) is 11.3 Å². The molecule has 2 N–H and O–H groups in total. The fraction of sp³-hybridized carbons (Fsp3) is 0.0556. The van der Waals surface area contributed by atoms with Gasteiger partial charge >= 0.3 is 5.76 Å². The van der Waals surface area contributed by atoms with E-state index in [0.717, 1.165) is 0 Å². The summed E-state index contributed by atoms with van der Waals surface area (Å²) in [7, 11) is 0. The van der Waals surface area contributed by atoms with E-state index >= 15 is 0 Å². The van der Waals surface area contributed by atoms with Gasteiger partial charge in [0.05, 0.1) is 5.52 Å². The molecule has 2 heterocycles. The average molecular weight is 353 g/mol. The lowest BCUT2D eigenvalue weighted by atomic mass is 10.1. The molecule has 8 heteroatoms. The zero-order chi connectivity index (χ0) is 18.3. The van der Waals surface area contributed by atoms with E-state index in [-0.39, 0.29) is 11.4 Å². The van der Waals surface area contributed by atoms with E-state index in [1.54, 1.807) is 25.1 Å². The third kappa shape index (κ3) is 2.77. The number of amides is 1. The molecule has 4 aromatic rings. The Kier molecular flexibility index (Phi) is 3.65. The number of fused-ring (bicyclic) bond motifs is 1. The number of hydrogen-bond acceptors (Lipinski definition) is 5. The minimum absolute atomic E-state index is 0.248. The lowest BCUT2D eigenvalue weighted by Crippen LogP contribution is -2.13. The number of oxazole rings is 1. The summed E-state index contributed by atoms with van der Waals surface area (Å²) in [5, 5.41) is 6.64. The number of aromatic amines is 1. The maximum absolute atomic E-state index is 13.1. The lowest BCUT2D eigenvalue weighted by molar-refractivity contribution is 0.102. The maximum atomic E-state index is 13.1. The number of carbonyl (C=O) groups is 1. The number of H-pyrrole nitrogens is 1. The van der Waals surface area contributed by atoms with Gasteiger partial charge in [-0.1, -0.05) is 5.16 Å². The standard InChI is InChI=1S/C18H12FN3O4/c1-9-15(16(22-26-9)10-2-4-11(19)5-3-10)17(23)20-12-6-7-14-13(8-12)21-18(24)25-14/h2-8H,1H3,(H,20,23)(H,21,24). The fourth-order valence-electron chi connectivity index (χ4n) is 2.67. The van der Waals surface area contributed by atoms with E-state index in [2.05, 4.69) is 15.5 Å². The Morgan fingerprint density at radius 2 is 1.96 bits per heavy atom. The van der Waals surface area contributed by atoms with Crippen LogP contribution in [0, 0.1) is 12.7 Å².